The van der Waals surface area contributed by atoms with Gasteiger partial charge in [0.2, 0.25) is 0 Å². The molecule has 0 spiro atoms. The maximum Gasteiger partial charge on any atom is 0.309 e. The molecule has 0 aromatic rings. The summed E-state index contributed by atoms with van der Waals surface area (Å²) in [6.45, 7) is 6.84. The highest BCUT2D eigenvalue weighted by atomic mass is 16.5. The number of esters is 1. The Bertz CT molecular complexity index is 145. The van der Waals surface area contributed by atoms with Crippen LogP contribution in [-0.2, 0) is 9.53 Å². The summed E-state index contributed by atoms with van der Waals surface area (Å²) < 4.78 is 4.63. The number of hydrogen-bond acceptors (Lipinski definition) is 3. The molecule has 0 N–H and O–H groups in total. The van der Waals surface area contributed by atoms with Gasteiger partial charge in [-0.05, 0) is 20.9 Å². The zero-order valence-electron chi connectivity index (χ0n) is 8.63. The van der Waals surface area contributed by atoms with E-state index in [1.54, 1.807) is 0 Å². The number of hydrogen-bond donors (Lipinski definition) is 0. The number of carbonyl (C=O) groups is 1. The van der Waals surface area contributed by atoms with Crippen LogP contribution >= 0.6 is 0 Å². The smallest absolute Gasteiger partial charge is 0.309 e. The van der Waals surface area contributed by atoms with Crippen LogP contribution in [-0.4, -0.2) is 37.6 Å². The average Bonchev–Trinajstić information content (AvgIpc) is 2.02. The summed E-state index contributed by atoms with van der Waals surface area (Å²) in [7, 11) is 3.43. The van der Waals surface area contributed by atoms with E-state index in [-0.39, 0.29) is 11.9 Å². The maximum atomic E-state index is 11.0. The topological polar surface area (TPSA) is 29.5 Å². The normalized spacial score (nSPS) is 13.6. The van der Waals surface area contributed by atoms with Gasteiger partial charge in [0.05, 0.1) is 13.0 Å². The number of rotatable bonds is 4. The molecule has 0 heterocycles. The van der Waals surface area contributed by atoms with Gasteiger partial charge in [0, 0.05) is 12.6 Å². The standard InChI is InChI=1S/C9H19NO2/c1-7(2)10(4)6-8(3)9(11)12-5/h7-8H,6H2,1-5H3. The third kappa shape index (κ3) is 3.72. The van der Waals surface area contributed by atoms with Crippen molar-refractivity contribution in [1.29, 1.82) is 0 Å². The van der Waals surface area contributed by atoms with E-state index in [1.165, 1.54) is 7.11 Å². The molecule has 0 aromatic carbocycles. The molecule has 0 rings (SSSR count). The van der Waals surface area contributed by atoms with Crippen molar-refractivity contribution in [1.82, 2.24) is 4.90 Å². The fraction of sp³-hybridized carbons (Fsp3) is 0.889. The van der Waals surface area contributed by atoms with Gasteiger partial charge >= 0.3 is 5.97 Å². The van der Waals surface area contributed by atoms with E-state index in [1.807, 2.05) is 14.0 Å². The zero-order valence-corrected chi connectivity index (χ0v) is 8.63. The van der Waals surface area contributed by atoms with E-state index in [2.05, 4.69) is 23.5 Å². The summed E-state index contributed by atoms with van der Waals surface area (Å²) in [5.41, 5.74) is 0. The molecular formula is C9H19NO2. The van der Waals surface area contributed by atoms with E-state index < -0.39 is 0 Å². The molecule has 0 bridgehead atoms. The van der Waals surface area contributed by atoms with Crippen LogP contribution < -0.4 is 0 Å². The number of nitrogens with zero attached hydrogens (tertiary/aromatic N) is 1. The van der Waals surface area contributed by atoms with Crippen molar-refractivity contribution >= 4 is 5.97 Å². The molecular weight excluding hydrogens is 154 g/mol. The van der Waals surface area contributed by atoms with E-state index >= 15 is 0 Å². The average molecular weight is 173 g/mol. The minimum Gasteiger partial charge on any atom is -0.469 e. The molecule has 72 valence electrons. The number of carbonyl (C=O) groups excluding carboxylic acids is 1. The van der Waals surface area contributed by atoms with Crippen LogP contribution in [0.15, 0.2) is 0 Å². The predicted octanol–water partition coefficient (Wildman–Crippen LogP) is 1.14. The molecule has 3 heteroatoms. The third-order valence-electron chi connectivity index (χ3n) is 2.05. The Morgan fingerprint density at radius 2 is 1.92 bits per heavy atom. The van der Waals surface area contributed by atoms with Gasteiger partial charge in [0.25, 0.3) is 0 Å². The molecule has 0 aliphatic rings. The SMILES string of the molecule is COC(=O)C(C)CN(C)C(C)C. The summed E-state index contributed by atoms with van der Waals surface area (Å²) >= 11 is 0. The van der Waals surface area contributed by atoms with Crippen molar-refractivity contribution in [3.05, 3.63) is 0 Å². The Labute approximate surface area is 74.7 Å². The van der Waals surface area contributed by atoms with Crippen molar-refractivity contribution in [2.75, 3.05) is 20.7 Å². The molecule has 0 aliphatic carbocycles. The summed E-state index contributed by atoms with van der Waals surface area (Å²) in [5, 5.41) is 0. The molecule has 1 unspecified atom stereocenters. The lowest BCUT2D eigenvalue weighted by atomic mass is 10.1. The minimum atomic E-state index is -0.137. The third-order valence-corrected chi connectivity index (χ3v) is 2.05. The highest BCUT2D eigenvalue weighted by Gasteiger charge is 2.16. The van der Waals surface area contributed by atoms with Crippen LogP contribution in [0.3, 0.4) is 0 Å². The van der Waals surface area contributed by atoms with Crippen LogP contribution in [0.1, 0.15) is 20.8 Å². The highest BCUT2D eigenvalue weighted by molar-refractivity contribution is 5.72. The predicted molar refractivity (Wildman–Crippen MR) is 48.9 cm³/mol. The van der Waals surface area contributed by atoms with Gasteiger partial charge in [-0.3, -0.25) is 4.79 Å². The van der Waals surface area contributed by atoms with Crippen LogP contribution in [0.5, 0.6) is 0 Å². The van der Waals surface area contributed by atoms with Crippen molar-refractivity contribution in [2.45, 2.75) is 26.8 Å². The number of ether oxygens (including phenoxy) is 1. The van der Waals surface area contributed by atoms with Crippen LogP contribution in [0.2, 0.25) is 0 Å². The monoisotopic (exact) mass is 173 g/mol. The Balaban J connectivity index is 3.83. The molecule has 0 radical (unpaired) electrons. The van der Waals surface area contributed by atoms with Gasteiger partial charge in [0.15, 0.2) is 0 Å². The van der Waals surface area contributed by atoms with E-state index in [0.29, 0.717) is 6.04 Å². The first kappa shape index (κ1) is 11.4. The van der Waals surface area contributed by atoms with Crippen molar-refractivity contribution in [2.24, 2.45) is 5.92 Å². The van der Waals surface area contributed by atoms with E-state index in [4.69, 9.17) is 0 Å². The summed E-state index contributed by atoms with van der Waals surface area (Å²) in [6, 6.07) is 0.470. The van der Waals surface area contributed by atoms with E-state index in [0.717, 1.165) is 6.54 Å². The maximum absolute atomic E-state index is 11.0. The molecule has 0 aromatic heterocycles. The molecule has 0 fully saturated rings. The Morgan fingerprint density at radius 3 is 2.25 bits per heavy atom. The van der Waals surface area contributed by atoms with Crippen molar-refractivity contribution < 1.29 is 9.53 Å². The van der Waals surface area contributed by atoms with Gasteiger partial charge < -0.3 is 9.64 Å². The summed E-state index contributed by atoms with van der Waals surface area (Å²) in [4.78, 5) is 13.1. The van der Waals surface area contributed by atoms with Crippen molar-refractivity contribution in [3.8, 4) is 0 Å². The Hall–Kier alpha value is -0.570. The minimum absolute atomic E-state index is 0.0394. The molecule has 1 atom stereocenters. The summed E-state index contributed by atoms with van der Waals surface area (Å²) in [5.74, 6) is -0.176. The van der Waals surface area contributed by atoms with Gasteiger partial charge in [-0.15, -0.1) is 0 Å². The fourth-order valence-corrected chi connectivity index (χ4v) is 0.919. The second-order valence-corrected chi connectivity index (χ2v) is 3.46. The first-order valence-corrected chi connectivity index (χ1v) is 4.27. The summed E-state index contributed by atoms with van der Waals surface area (Å²) in [6.07, 6.45) is 0. The first-order valence-electron chi connectivity index (χ1n) is 4.27. The van der Waals surface area contributed by atoms with Crippen LogP contribution in [0, 0.1) is 5.92 Å². The molecule has 0 saturated heterocycles. The molecule has 12 heavy (non-hydrogen) atoms. The lowest BCUT2D eigenvalue weighted by Gasteiger charge is -2.23. The first-order chi connectivity index (χ1) is 5.49. The quantitative estimate of drug-likeness (QED) is 0.597. The largest absolute Gasteiger partial charge is 0.469 e. The van der Waals surface area contributed by atoms with Crippen LogP contribution in [0.25, 0.3) is 0 Å². The van der Waals surface area contributed by atoms with Gasteiger partial charge in [-0.25, -0.2) is 0 Å². The number of methoxy groups -OCH3 is 1. The second-order valence-electron chi connectivity index (χ2n) is 3.46. The van der Waals surface area contributed by atoms with Gasteiger partial charge in [-0.2, -0.15) is 0 Å². The second kappa shape index (κ2) is 5.14. The van der Waals surface area contributed by atoms with Crippen molar-refractivity contribution in [3.63, 3.8) is 0 Å². The van der Waals surface area contributed by atoms with Crippen LogP contribution in [0.4, 0.5) is 0 Å². The van der Waals surface area contributed by atoms with Gasteiger partial charge in [0.1, 0.15) is 0 Å². The zero-order chi connectivity index (χ0) is 9.72. The lowest BCUT2D eigenvalue weighted by molar-refractivity contribution is -0.145. The highest BCUT2D eigenvalue weighted by Crippen LogP contribution is 2.03. The molecule has 3 nitrogen and oxygen atoms in total. The fourth-order valence-electron chi connectivity index (χ4n) is 0.919. The molecule has 0 saturated carbocycles. The Kier molecular flexibility index (Phi) is 4.90. The van der Waals surface area contributed by atoms with Gasteiger partial charge in [-0.1, -0.05) is 6.92 Å². The molecule has 0 amide bonds. The lowest BCUT2D eigenvalue weighted by Crippen LogP contribution is -2.33. The van der Waals surface area contributed by atoms with E-state index in [9.17, 15) is 4.79 Å². The molecule has 0 aliphatic heterocycles. The Morgan fingerprint density at radius 1 is 1.42 bits per heavy atom.